The second kappa shape index (κ2) is 19.3. The van der Waals surface area contributed by atoms with Crippen LogP contribution in [-0.4, -0.2) is 122 Å². The fourth-order valence-electron chi connectivity index (χ4n) is 9.36. The lowest BCUT2D eigenvalue weighted by Crippen LogP contribution is -2.37. The van der Waals surface area contributed by atoms with E-state index in [9.17, 15) is 21.4 Å². The van der Waals surface area contributed by atoms with Gasteiger partial charge < -0.3 is 18.6 Å². The van der Waals surface area contributed by atoms with Gasteiger partial charge in [0.15, 0.2) is 22.1 Å². The molecule has 0 aromatic heterocycles. The highest BCUT2D eigenvalue weighted by molar-refractivity contribution is 7.90. The van der Waals surface area contributed by atoms with E-state index in [-0.39, 0.29) is 4.90 Å². The molecule has 2 aliphatic heterocycles. The van der Waals surface area contributed by atoms with Crippen LogP contribution in [0.15, 0.2) is 122 Å². The third-order valence-corrected chi connectivity index (χ3v) is 14.9. The second-order valence-corrected chi connectivity index (χ2v) is 24.5. The number of fused-ring (bicyclic) bond motifs is 2. The van der Waals surface area contributed by atoms with Gasteiger partial charge in [-0.3, -0.25) is 4.55 Å². The first-order chi connectivity index (χ1) is 30.7. The van der Waals surface area contributed by atoms with Crippen LogP contribution in [0.2, 0.25) is 0 Å². The van der Waals surface area contributed by atoms with E-state index in [0.29, 0.717) is 23.6 Å². The molecule has 1 aliphatic carbocycles. The minimum atomic E-state index is -4.41. The number of allylic oxidation sites excluding steroid dienone is 7. The van der Waals surface area contributed by atoms with Crippen LogP contribution in [0.1, 0.15) is 76.5 Å². The summed E-state index contributed by atoms with van der Waals surface area (Å²) in [5.41, 5.74) is 16.6. The van der Waals surface area contributed by atoms with Gasteiger partial charge in [-0.1, -0.05) is 37.2 Å². The number of benzene rings is 3. The first-order valence-corrected chi connectivity index (χ1v) is 26.1. The number of hydrogen-bond donors (Lipinski definition) is 1. The maximum Gasteiger partial charge on any atom is 0.294 e. The van der Waals surface area contributed by atoms with E-state index in [0.717, 1.165) is 124 Å². The van der Waals surface area contributed by atoms with E-state index in [2.05, 4.69) is 114 Å². The Labute approximate surface area is 393 Å². The van der Waals surface area contributed by atoms with Crippen molar-refractivity contribution in [2.24, 2.45) is 5.11 Å². The van der Waals surface area contributed by atoms with Gasteiger partial charge in [-0.25, -0.2) is 8.42 Å². The number of ether oxygens (including phenoxy) is 1. The number of sulfone groups is 1. The summed E-state index contributed by atoms with van der Waals surface area (Å²) in [7, 11) is 5.25. The molecule has 0 saturated carbocycles. The summed E-state index contributed by atoms with van der Waals surface area (Å²) in [5, 5.41) is 3.70. The van der Waals surface area contributed by atoms with Crippen LogP contribution < -0.4 is 9.64 Å². The summed E-state index contributed by atoms with van der Waals surface area (Å²) in [6, 6.07) is 18.3. The van der Waals surface area contributed by atoms with E-state index in [1.807, 2.05) is 42.5 Å². The molecule has 15 heteroatoms. The predicted molar refractivity (Wildman–Crippen MR) is 265 cm³/mol. The van der Waals surface area contributed by atoms with E-state index in [1.54, 1.807) is 12.1 Å². The van der Waals surface area contributed by atoms with Crippen molar-refractivity contribution in [1.29, 1.82) is 0 Å². The largest absolute Gasteiger partial charge is 0.457 e. The average molecular weight is 941 g/mol. The first-order valence-electron chi connectivity index (χ1n) is 22.8. The molecule has 3 aromatic carbocycles. The Morgan fingerprint density at radius 1 is 0.833 bits per heavy atom. The van der Waals surface area contributed by atoms with Crippen molar-refractivity contribution in [2.75, 3.05) is 86.2 Å². The summed E-state index contributed by atoms with van der Waals surface area (Å²) >= 11 is 0. The van der Waals surface area contributed by atoms with Crippen molar-refractivity contribution < 1.29 is 39.7 Å². The standard InChI is InChI=1S/C51H69N7O6S2/c1-50(2)43-35-41(65(11,59)60)23-25-45(43)55(31-13-33-57(5,6)7)47(50)27-19-38-15-12-16-39(49(38)64-40-21-17-37(18-22-40)29-30-53-54-52)20-28-48-51(3,4)44-36-42(66(61,62)63)24-26-46(44)56(48)32-14-34-58(8,9)10/h17-28,35-36H,12-16,29-34H2,1-11H3/q+2/p+1. The molecule has 6 rings (SSSR count). The summed E-state index contributed by atoms with van der Waals surface area (Å²) in [5.74, 6) is 1.44. The van der Waals surface area contributed by atoms with Crippen LogP contribution in [0.5, 0.6) is 5.75 Å². The van der Waals surface area contributed by atoms with Gasteiger partial charge in [0.05, 0.1) is 77.0 Å². The van der Waals surface area contributed by atoms with Crippen LogP contribution in [0.25, 0.3) is 10.4 Å². The molecule has 0 amide bonds. The van der Waals surface area contributed by atoms with Crippen molar-refractivity contribution >= 4 is 37.0 Å². The summed E-state index contributed by atoms with van der Waals surface area (Å²) in [6.07, 6.45) is 14.8. The molecule has 66 heavy (non-hydrogen) atoms. The van der Waals surface area contributed by atoms with E-state index in [4.69, 9.17) is 10.3 Å². The summed E-state index contributed by atoms with van der Waals surface area (Å²) in [4.78, 5) is 5.36. The smallest absolute Gasteiger partial charge is 0.294 e. The van der Waals surface area contributed by atoms with Crippen molar-refractivity contribution in [3.05, 3.63) is 135 Å². The molecular formula is C51H70N7O6S2+3. The van der Waals surface area contributed by atoms with E-state index >= 15 is 0 Å². The van der Waals surface area contributed by atoms with E-state index < -0.39 is 30.8 Å². The van der Waals surface area contributed by atoms with Crippen LogP contribution in [0.4, 0.5) is 11.4 Å². The quantitative estimate of drug-likeness (QED) is 0.0333. The molecule has 3 aliphatic rings. The van der Waals surface area contributed by atoms with Crippen LogP contribution in [0, 0.1) is 0 Å². The van der Waals surface area contributed by atoms with Gasteiger partial charge in [0.1, 0.15) is 11.5 Å². The summed E-state index contributed by atoms with van der Waals surface area (Å²) in [6.45, 7) is 12.3. The molecule has 0 saturated heterocycles. The molecule has 0 bridgehead atoms. The minimum Gasteiger partial charge on any atom is -0.457 e. The zero-order chi connectivity index (χ0) is 48.5. The molecule has 0 radical (unpaired) electrons. The third-order valence-electron chi connectivity index (χ3n) is 12.9. The second-order valence-electron chi connectivity index (χ2n) is 21.0. The maximum absolute atomic E-state index is 12.8. The molecule has 0 fully saturated rings. The van der Waals surface area contributed by atoms with Gasteiger partial charge in [-0.05, 0) is 122 Å². The average Bonchev–Trinajstić information content (AvgIpc) is 3.56. The third kappa shape index (κ3) is 11.7. The highest BCUT2D eigenvalue weighted by Gasteiger charge is 2.45. The Morgan fingerprint density at radius 3 is 2.12 bits per heavy atom. The summed E-state index contributed by atoms with van der Waals surface area (Å²) < 4.78 is 71.2. The fraction of sp³-hybridized carbons (Fsp3) is 0.471. The zero-order valence-corrected chi connectivity index (χ0v) is 42.4. The number of rotatable bonds is 18. The molecule has 3 aromatic rings. The molecule has 13 nitrogen and oxygen atoms in total. The normalized spacial score (nSPS) is 18.6. The molecule has 0 unspecified atom stereocenters. The topological polar surface area (TPSA) is 153 Å². The highest BCUT2D eigenvalue weighted by atomic mass is 32.2. The van der Waals surface area contributed by atoms with Crippen LogP contribution in [-0.2, 0) is 37.2 Å². The molecule has 2 heterocycles. The molecule has 0 atom stereocenters. The lowest BCUT2D eigenvalue weighted by molar-refractivity contribution is -0.871. The fourth-order valence-corrected chi connectivity index (χ4v) is 10.5. The number of quaternary nitrogens is 2. The number of nitrogens with zero attached hydrogens (tertiary/aromatic N) is 7. The van der Waals surface area contributed by atoms with Crippen molar-refractivity contribution in [3.63, 3.8) is 0 Å². The lowest BCUT2D eigenvalue weighted by atomic mass is 9.81. The maximum atomic E-state index is 12.8. The van der Waals surface area contributed by atoms with Crippen LogP contribution >= 0.6 is 0 Å². The number of anilines is 1. The SMILES string of the molecule is CC1(C)C(=CC=C2CCCC(C=CC3=[N+](CCC[N+](C)(C)C)c4ccc(S(C)(=O)=O)cc4C3(C)C)=C2Oc2ccc(CCN=[N+]=[N-])cc2)N(CCC[N+](C)(C)C)c2ccc(S(=O)(=O)O)cc21. The molecular weight excluding hydrogens is 871 g/mol. The van der Waals surface area contributed by atoms with Crippen molar-refractivity contribution in [1.82, 2.24) is 0 Å². The minimum absolute atomic E-state index is 0.124. The zero-order valence-electron chi connectivity index (χ0n) is 40.8. The Hall–Kier alpha value is -5.02. The number of azide groups is 1. The van der Waals surface area contributed by atoms with Crippen molar-refractivity contribution in [2.45, 2.75) is 86.8 Å². The van der Waals surface area contributed by atoms with Gasteiger partial charge in [0.2, 0.25) is 5.69 Å². The Bertz CT molecular complexity index is 2780. The van der Waals surface area contributed by atoms with Gasteiger partial charge >= 0.3 is 0 Å². The number of hydrogen-bond acceptors (Lipinski definition) is 7. The van der Waals surface area contributed by atoms with Gasteiger partial charge in [0, 0.05) is 65.2 Å². The Kier molecular flexibility index (Phi) is 14.7. The van der Waals surface area contributed by atoms with Gasteiger partial charge in [-0.2, -0.15) is 13.0 Å². The molecule has 0 spiro atoms. The van der Waals surface area contributed by atoms with E-state index in [1.165, 1.54) is 12.3 Å². The molecule has 354 valence electrons. The lowest BCUT2D eigenvalue weighted by Gasteiger charge is -2.29. The Morgan fingerprint density at radius 2 is 1.48 bits per heavy atom. The van der Waals surface area contributed by atoms with Gasteiger partial charge in [0.25, 0.3) is 10.1 Å². The Balaban J connectivity index is 1.48. The monoisotopic (exact) mass is 940 g/mol. The van der Waals surface area contributed by atoms with Gasteiger partial charge in [-0.15, -0.1) is 0 Å². The highest BCUT2D eigenvalue weighted by Crippen LogP contribution is 2.49. The molecule has 1 N–H and O–H groups in total. The first kappa shape index (κ1) is 50.4. The van der Waals surface area contributed by atoms with Crippen LogP contribution in [0.3, 0.4) is 0 Å². The predicted octanol–water partition coefficient (Wildman–Crippen LogP) is 9.44. The van der Waals surface area contributed by atoms with Crippen molar-refractivity contribution in [3.8, 4) is 5.75 Å².